The van der Waals surface area contributed by atoms with Crippen LogP contribution in [0.1, 0.15) is 20.8 Å². The highest BCUT2D eigenvalue weighted by molar-refractivity contribution is 4.56. The van der Waals surface area contributed by atoms with Gasteiger partial charge in [0.2, 0.25) is 0 Å². The molecule has 0 rings (SSSR count). The van der Waals surface area contributed by atoms with Gasteiger partial charge in [0.25, 0.3) is 0 Å². The van der Waals surface area contributed by atoms with Crippen LogP contribution in [0.2, 0.25) is 0 Å². The largest absolute Gasteiger partial charge is 0.359 e. The van der Waals surface area contributed by atoms with E-state index in [4.69, 9.17) is 9.47 Å². The smallest absolute Gasteiger partial charge is 0.147 e. The summed E-state index contributed by atoms with van der Waals surface area (Å²) < 4.78 is 9.85. The fourth-order valence-corrected chi connectivity index (χ4v) is 0.236. The molecule has 0 fully saturated rings. The molecule has 2 heteroatoms. The zero-order valence-corrected chi connectivity index (χ0v) is 6.02. The summed E-state index contributed by atoms with van der Waals surface area (Å²) in [6.45, 7) is 6.35. The average molecular weight is 118 g/mol. The Morgan fingerprint density at radius 2 is 1.75 bits per heavy atom. The second-order valence-electron chi connectivity index (χ2n) is 2.66. The van der Waals surface area contributed by atoms with Crippen molar-refractivity contribution >= 4 is 0 Å². The molecule has 2 nitrogen and oxygen atoms in total. The summed E-state index contributed by atoms with van der Waals surface area (Å²) in [5.41, 5.74) is -0.0734. The lowest BCUT2D eigenvalue weighted by atomic mass is 10.2. The van der Waals surface area contributed by atoms with Crippen LogP contribution in [0.15, 0.2) is 0 Å². The average Bonchev–Trinajstić information content (AvgIpc) is 1.59. The van der Waals surface area contributed by atoms with Crippen molar-refractivity contribution in [1.82, 2.24) is 0 Å². The van der Waals surface area contributed by atoms with E-state index in [-0.39, 0.29) is 5.60 Å². The van der Waals surface area contributed by atoms with Crippen molar-refractivity contribution < 1.29 is 9.47 Å². The molecule has 0 amide bonds. The molecule has 0 aliphatic heterocycles. The van der Waals surface area contributed by atoms with E-state index in [0.29, 0.717) is 6.79 Å². The Labute approximate surface area is 50.8 Å². The van der Waals surface area contributed by atoms with Crippen molar-refractivity contribution in [3.05, 3.63) is 0 Å². The minimum atomic E-state index is -0.0734. The summed E-state index contributed by atoms with van der Waals surface area (Å²) in [6, 6.07) is 0. The first-order chi connectivity index (χ1) is 3.56. The minimum absolute atomic E-state index is 0.0734. The molecule has 0 unspecified atom stereocenters. The number of hydrogen-bond donors (Lipinski definition) is 0. The van der Waals surface area contributed by atoms with Crippen molar-refractivity contribution in [3.63, 3.8) is 0 Å². The molecule has 0 aliphatic carbocycles. The summed E-state index contributed by atoms with van der Waals surface area (Å²) in [6.07, 6.45) is 0. The van der Waals surface area contributed by atoms with E-state index < -0.39 is 0 Å². The summed E-state index contributed by atoms with van der Waals surface area (Å²) in [4.78, 5) is 0. The molecule has 0 radical (unpaired) electrons. The Morgan fingerprint density at radius 1 is 1.25 bits per heavy atom. The maximum atomic E-state index is 5.16. The predicted molar refractivity (Wildman–Crippen MR) is 32.7 cm³/mol. The third kappa shape index (κ3) is 5.92. The van der Waals surface area contributed by atoms with E-state index in [1.807, 2.05) is 20.8 Å². The lowest BCUT2D eigenvalue weighted by Gasteiger charge is -2.17. The molecule has 0 aromatic rings. The first-order valence-corrected chi connectivity index (χ1v) is 2.69. The Balaban J connectivity index is 3.11. The molecule has 0 aliphatic rings. The highest BCUT2D eigenvalue weighted by Crippen LogP contribution is 2.04. The molecule has 50 valence electrons. The molecule has 0 spiro atoms. The predicted octanol–water partition coefficient (Wildman–Crippen LogP) is 1.41. The second-order valence-corrected chi connectivity index (χ2v) is 2.66. The van der Waals surface area contributed by atoms with E-state index >= 15 is 0 Å². The topological polar surface area (TPSA) is 18.5 Å². The molecule has 0 atom stereocenters. The molecular formula is C6H14O2. The van der Waals surface area contributed by atoms with E-state index in [1.54, 1.807) is 7.11 Å². The van der Waals surface area contributed by atoms with Gasteiger partial charge in [-0.3, -0.25) is 0 Å². The first-order valence-electron chi connectivity index (χ1n) is 2.69. The minimum Gasteiger partial charge on any atom is -0.359 e. The molecule has 0 aromatic carbocycles. The van der Waals surface area contributed by atoms with Gasteiger partial charge < -0.3 is 9.47 Å². The van der Waals surface area contributed by atoms with Gasteiger partial charge in [-0.25, -0.2) is 0 Å². The van der Waals surface area contributed by atoms with Gasteiger partial charge >= 0.3 is 0 Å². The molecule has 0 N–H and O–H groups in total. The van der Waals surface area contributed by atoms with Crippen molar-refractivity contribution in [3.8, 4) is 0 Å². The maximum absolute atomic E-state index is 5.16. The fraction of sp³-hybridized carbons (Fsp3) is 1.00. The lowest BCUT2D eigenvalue weighted by molar-refractivity contribution is -0.105. The second kappa shape index (κ2) is 3.05. The van der Waals surface area contributed by atoms with Crippen LogP contribution in [0, 0.1) is 0 Å². The Morgan fingerprint density at radius 3 is 1.88 bits per heavy atom. The molecule has 0 aromatic heterocycles. The molecule has 0 heterocycles. The molecule has 0 bridgehead atoms. The quantitative estimate of drug-likeness (QED) is 0.510. The zero-order valence-electron chi connectivity index (χ0n) is 6.02. The normalized spacial score (nSPS) is 12.0. The van der Waals surface area contributed by atoms with E-state index in [0.717, 1.165) is 0 Å². The van der Waals surface area contributed by atoms with Crippen LogP contribution < -0.4 is 0 Å². The number of rotatable bonds is 2. The van der Waals surface area contributed by atoms with Gasteiger partial charge in [-0.1, -0.05) is 0 Å². The van der Waals surface area contributed by atoms with Crippen LogP contribution in [-0.4, -0.2) is 19.5 Å². The van der Waals surface area contributed by atoms with Crippen molar-refractivity contribution in [2.75, 3.05) is 13.9 Å². The van der Waals surface area contributed by atoms with E-state index in [9.17, 15) is 0 Å². The summed E-state index contributed by atoms with van der Waals surface area (Å²) in [7, 11) is 1.62. The van der Waals surface area contributed by atoms with Crippen LogP contribution in [0.4, 0.5) is 0 Å². The van der Waals surface area contributed by atoms with Gasteiger partial charge in [0.1, 0.15) is 6.79 Å². The third-order valence-corrected chi connectivity index (χ3v) is 0.610. The number of methoxy groups -OCH3 is 1. The molecule has 0 saturated carbocycles. The maximum Gasteiger partial charge on any atom is 0.147 e. The summed E-state index contributed by atoms with van der Waals surface area (Å²) >= 11 is 0. The standard InChI is InChI=1S/C6H14O2/c1-6(2,3)8-5-7-4/h5H2,1-4H3. The van der Waals surface area contributed by atoms with Crippen LogP contribution in [-0.2, 0) is 9.47 Å². The van der Waals surface area contributed by atoms with Crippen molar-refractivity contribution in [1.29, 1.82) is 0 Å². The summed E-state index contributed by atoms with van der Waals surface area (Å²) in [5, 5.41) is 0. The van der Waals surface area contributed by atoms with Crippen LogP contribution in [0.3, 0.4) is 0 Å². The highest BCUT2D eigenvalue weighted by atomic mass is 16.7. The van der Waals surface area contributed by atoms with Crippen LogP contribution >= 0.6 is 0 Å². The third-order valence-electron chi connectivity index (χ3n) is 0.610. The molecule has 0 saturated heterocycles. The highest BCUT2D eigenvalue weighted by Gasteiger charge is 2.07. The molecule has 8 heavy (non-hydrogen) atoms. The Hall–Kier alpha value is -0.0800. The van der Waals surface area contributed by atoms with Gasteiger partial charge in [0, 0.05) is 7.11 Å². The van der Waals surface area contributed by atoms with Gasteiger partial charge in [-0.15, -0.1) is 0 Å². The Bertz CT molecular complexity index is 54.0. The fourth-order valence-electron chi connectivity index (χ4n) is 0.236. The summed E-state index contributed by atoms with van der Waals surface area (Å²) in [5.74, 6) is 0. The van der Waals surface area contributed by atoms with Crippen LogP contribution in [0.25, 0.3) is 0 Å². The lowest BCUT2D eigenvalue weighted by Crippen LogP contribution is -2.20. The molecular weight excluding hydrogens is 104 g/mol. The van der Waals surface area contributed by atoms with Crippen molar-refractivity contribution in [2.45, 2.75) is 26.4 Å². The van der Waals surface area contributed by atoms with Gasteiger partial charge in [0.15, 0.2) is 0 Å². The van der Waals surface area contributed by atoms with Gasteiger partial charge in [-0.2, -0.15) is 0 Å². The first kappa shape index (κ1) is 7.92. The van der Waals surface area contributed by atoms with Crippen molar-refractivity contribution in [2.24, 2.45) is 0 Å². The zero-order chi connectivity index (χ0) is 6.62. The number of ether oxygens (including phenoxy) is 2. The Kier molecular flexibility index (Phi) is 3.02. The number of hydrogen-bond acceptors (Lipinski definition) is 2. The SMILES string of the molecule is COCOC(C)(C)C. The van der Waals surface area contributed by atoms with Gasteiger partial charge in [-0.05, 0) is 20.8 Å². The monoisotopic (exact) mass is 118 g/mol. The van der Waals surface area contributed by atoms with Crippen LogP contribution in [0.5, 0.6) is 0 Å². The van der Waals surface area contributed by atoms with Gasteiger partial charge in [0.05, 0.1) is 5.60 Å². The van der Waals surface area contributed by atoms with E-state index in [2.05, 4.69) is 0 Å². The van der Waals surface area contributed by atoms with E-state index in [1.165, 1.54) is 0 Å².